The molecule has 134 valence electrons. The first-order chi connectivity index (χ1) is 10.4. The second-order valence-electron chi connectivity index (χ2n) is 8.25. The molecule has 5 heteroatoms. The minimum atomic E-state index is -2.03. The van der Waals surface area contributed by atoms with Crippen LogP contribution in [-0.4, -0.2) is 37.2 Å². The lowest BCUT2D eigenvalue weighted by atomic mass is 9.84. The Labute approximate surface area is 142 Å². The van der Waals surface area contributed by atoms with Crippen LogP contribution in [0.5, 0.6) is 0 Å². The normalized spacial score (nSPS) is 29.1. The minimum absolute atomic E-state index is 0.125. The number of hydrogen-bond acceptors (Lipinski definition) is 4. The highest BCUT2D eigenvalue weighted by atomic mass is 28.4. The number of rotatable bonds is 7. The maximum absolute atomic E-state index is 12.1. The van der Waals surface area contributed by atoms with Crippen molar-refractivity contribution in [2.45, 2.75) is 84.0 Å². The van der Waals surface area contributed by atoms with Crippen LogP contribution in [0, 0.1) is 11.8 Å². The van der Waals surface area contributed by atoms with Gasteiger partial charge in [0.25, 0.3) is 0 Å². The van der Waals surface area contributed by atoms with Gasteiger partial charge in [0, 0.05) is 18.9 Å². The van der Waals surface area contributed by atoms with Gasteiger partial charge in [0.05, 0.1) is 5.92 Å². The second kappa shape index (κ2) is 7.15. The molecule has 23 heavy (non-hydrogen) atoms. The summed E-state index contributed by atoms with van der Waals surface area (Å²) in [5.74, 6) is -1.22. The van der Waals surface area contributed by atoms with Gasteiger partial charge in [-0.3, -0.25) is 9.59 Å². The average Bonchev–Trinajstić information content (AvgIpc) is 2.58. The van der Waals surface area contributed by atoms with Crippen LogP contribution >= 0.6 is 0 Å². The predicted octanol–water partition coefficient (Wildman–Crippen LogP) is 3.72. The van der Waals surface area contributed by atoms with Crippen molar-refractivity contribution >= 4 is 19.9 Å². The number of carbonyl (C=O) groups is 2. The van der Waals surface area contributed by atoms with E-state index in [0.717, 1.165) is 0 Å². The highest BCUT2D eigenvalue weighted by molar-refractivity contribution is 6.77. The van der Waals surface area contributed by atoms with E-state index in [-0.39, 0.29) is 23.9 Å². The molecule has 1 aliphatic rings. The van der Waals surface area contributed by atoms with Gasteiger partial charge in [0.1, 0.15) is 11.4 Å². The van der Waals surface area contributed by atoms with Crippen LogP contribution in [-0.2, 0) is 14.0 Å². The van der Waals surface area contributed by atoms with Crippen molar-refractivity contribution < 1.29 is 19.1 Å². The molecule has 0 radical (unpaired) electrons. The van der Waals surface area contributed by atoms with Crippen LogP contribution in [0.4, 0.5) is 0 Å². The Kier molecular flexibility index (Phi) is 6.38. The fraction of sp³-hybridized carbons (Fsp3) is 0.889. The maximum Gasteiger partial charge on any atom is 0.200 e. The molecule has 1 N–H and O–H groups in total. The van der Waals surface area contributed by atoms with Gasteiger partial charge in [0.2, 0.25) is 0 Å². The Morgan fingerprint density at radius 3 is 2.00 bits per heavy atom. The van der Waals surface area contributed by atoms with E-state index in [1.807, 2.05) is 0 Å². The molecule has 0 spiro atoms. The highest BCUT2D eigenvalue weighted by Crippen LogP contribution is 2.44. The molecule has 1 saturated carbocycles. The van der Waals surface area contributed by atoms with Gasteiger partial charge in [-0.2, -0.15) is 0 Å². The lowest BCUT2D eigenvalue weighted by Gasteiger charge is -2.43. The lowest BCUT2D eigenvalue weighted by molar-refractivity contribution is -0.141. The summed E-state index contributed by atoms with van der Waals surface area (Å²) in [6, 6.07) is 0. The summed E-state index contributed by atoms with van der Waals surface area (Å²) in [6.45, 7) is 16.6. The van der Waals surface area contributed by atoms with Gasteiger partial charge in [0.15, 0.2) is 14.1 Å². The van der Waals surface area contributed by atoms with Gasteiger partial charge in [-0.05, 0) is 30.5 Å². The van der Waals surface area contributed by atoms with Crippen LogP contribution in [0.1, 0.15) is 61.8 Å². The molecule has 0 heterocycles. The summed E-state index contributed by atoms with van der Waals surface area (Å²) >= 11 is 0. The van der Waals surface area contributed by atoms with Crippen LogP contribution in [0.3, 0.4) is 0 Å². The molecule has 0 aromatic heterocycles. The topological polar surface area (TPSA) is 63.6 Å². The Bertz CT molecular complexity index is 432. The van der Waals surface area contributed by atoms with Crippen molar-refractivity contribution in [3.05, 3.63) is 0 Å². The summed E-state index contributed by atoms with van der Waals surface area (Å²) in [5, 5.41) is 10.4. The number of carbonyl (C=O) groups excluding carboxylic acids is 2. The van der Waals surface area contributed by atoms with Gasteiger partial charge in [-0.1, -0.05) is 41.5 Å². The largest absolute Gasteiger partial charge is 0.416 e. The summed E-state index contributed by atoms with van der Waals surface area (Å²) < 4.78 is 6.54. The SMILES string of the molecule is CC(=O)[C@@H]1[C@H](CO[Si](C(C)C)(C(C)C)C(C)C)CC(=O)[C@]1(C)O. The molecule has 4 nitrogen and oxygen atoms in total. The fourth-order valence-corrected chi connectivity index (χ4v) is 10.3. The Balaban J connectivity index is 3.02. The Morgan fingerprint density at radius 2 is 1.65 bits per heavy atom. The molecule has 1 fully saturated rings. The van der Waals surface area contributed by atoms with E-state index in [9.17, 15) is 14.7 Å². The average molecular weight is 343 g/mol. The lowest BCUT2D eigenvalue weighted by Crippen LogP contribution is -2.49. The van der Waals surface area contributed by atoms with E-state index < -0.39 is 19.8 Å². The van der Waals surface area contributed by atoms with E-state index in [1.54, 1.807) is 0 Å². The van der Waals surface area contributed by atoms with Crippen molar-refractivity contribution in [2.75, 3.05) is 6.61 Å². The molecular weight excluding hydrogens is 308 g/mol. The number of ketones is 2. The van der Waals surface area contributed by atoms with Gasteiger partial charge >= 0.3 is 0 Å². The van der Waals surface area contributed by atoms with Crippen molar-refractivity contribution in [3.8, 4) is 0 Å². The van der Waals surface area contributed by atoms with E-state index in [0.29, 0.717) is 23.2 Å². The molecule has 0 aromatic carbocycles. The van der Waals surface area contributed by atoms with E-state index in [2.05, 4.69) is 41.5 Å². The molecule has 3 atom stereocenters. The minimum Gasteiger partial charge on any atom is -0.416 e. The van der Waals surface area contributed by atoms with E-state index >= 15 is 0 Å². The van der Waals surface area contributed by atoms with Gasteiger partial charge < -0.3 is 9.53 Å². The second-order valence-corrected chi connectivity index (χ2v) is 13.7. The molecule has 0 aliphatic heterocycles. The Morgan fingerprint density at radius 1 is 1.22 bits per heavy atom. The standard InChI is InChI=1S/C18H34O4Si/c1-11(2)23(12(3)4,13(5)6)22-10-15-9-16(20)18(8,21)17(15)14(7)19/h11-13,15,17,21H,9-10H2,1-8H3/t15-,17+,18-/m0/s1. The molecule has 0 aromatic rings. The zero-order valence-corrected chi connectivity index (χ0v) is 17.0. The molecule has 0 amide bonds. The summed E-state index contributed by atoms with van der Waals surface area (Å²) in [6.07, 6.45) is 0.232. The van der Waals surface area contributed by atoms with Crippen LogP contribution in [0.25, 0.3) is 0 Å². The van der Waals surface area contributed by atoms with Crippen LogP contribution in [0.2, 0.25) is 16.6 Å². The van der Waals surface area contributed by atoms with E-state index in [4.69, 9.17) is 4.43 Å². The number of aliphatic hydroxyl groups is 1. The molecule has 0 saturated heterocycles. The molecule has 0 bridgehead atoms. The van der Waals surface area contributed by atoms with Crippen molar-refractivity contribution in [1.29, 1.82) is 0 Å². The molecule has 1 rings (SSSR count). The van der Waals surface area contributed by atoms with Gasteiger partial charge in [-0.15, -0.1) is 0 Å². The quantitative estimate of drug-likeness (QED) is 0.716. The van der Waals surface area contributed by atoms with Gasteiger partial charge in [-0.25, -0.2) is 0 Å². The van der Waals surface area contributed by atoms with Crippen molar-refractivity contribution in [3.63, 3.8) is 0 Å². The third kappa shape index (κ3) is 3.61. The number of Topliss-reactive ketones (excluding diaryl/α,β-unsaturated/α-hetero) is 2. The van der Waals surface area contributed by atoms with Crippen molar-refractivity contribution in [2.24, 2.45) is 11.8 Å². The summed E-state index contributed by atoms with van der Waals surface area (Å²) in [7, 11) is -2.03. The first-order valence-electron chi connectivity index (χ1n) is 8.79. The fourth-order valence-electron chi connectivity index (χ4n) is 4.83. The highest BCUT2D eigenvalue weighted by Gasteiger charge is 2.54. The first-order valence-corrected chi connectivity index (χ1v) is 10.9. The number of hydrogen-bond donors (Lipinski definition) is 1. The third-order valence-electron chi connectivity index (χ3n) is 5.78. The molecule has 0 unspecified atom stereocenters. The van der Waals surface area contributed by atoms with E-state index in [1.165, 1.54) is 13.8 Å². The predicted molar refractivity (Wildman–Crippen MR) is 94.9 cm³/mol. The zero-order valence-electron chi connectivity index (χ0n) is 16.0. The van der Waals surface area contributed by atoms with Crippen molar-refractivity contribution in [1.82, 2.24) is 0 Å². The summed E-state index contributed by atoms with van der Waals surface area (Å²) in [5.41, 5.74) is -0.180. The third-order valence-corrected chi connectivity index (χ3v) is 11.9. The smallest absolute Gasteiger partial charge is 0.200 e. The molecule has 1 aliphatic carbocycles. The maximum atomic E-state index is 12.1. The summed E-state index contributed by atoms with van der Waals surface area (Å²) in [4.78, 5) is 24.1. The first kappa shape index (κ1) is 20.5. The Hall–Kier alpha value is -0.523. The van der Waals surface area contributed by atoms with Crippen LogP contribution < -0.4 is 0 Å². The monoisotopic (exact) mass is 342 g/mol. The molecular formula is C18H34O4Si. The zero-order chi connectivity index (χ0) is 18.2. The van der Waals surface area contributed by atoms with Crippen LogP contribution in [0.15, 0.2) is 0 Å².